The Labute approximate surface area is 129 Å². The lowest BCUT2D eigenvalue weighted by Gasteiger charge is -2.31. The Hall–Kier alpha value is -2.08. The van der Waals surface area contributed by atoms with Crippen LogP contribution < -0.4 is 5.32 Å². The molecule has 6 nitrogen and oxygen atoms in total. The summed E-state index contributed by atoms with van der Waals surface area (Å²) in [4.78, 5) is 14.4. The largest absolute Gasteiger partial charge is 0.463 e. The van der Waals surface area contributed by atoms with E-state index < -0.39 is 0 Å². The zero-order chi connectivity index (χ0) is 15.4. The first-order valence-corrected chi connectivity index (χ1v) is 7.81. The van der Waals surface area contributed by atoms with E-state index in [-0.39, 0.29) is 5.91 Å². The molecule has 1 fully saturated rings. The first-order valence-electron chi connectivity index (χ1n) is 7.81. The average molecular weight is 302 g/mol. The maximum absolute atomic E-state index is 12.5. The third kappa shape index (κ3) is 3.22. The molecule has 22 heavy (non-hydrogen) atoms. The fourth-order valence-electron chi connectivity index (χ4n) is 2.92. The van der Waals surface area contributed by atoms with E-state index in [1.165, 1.54) is 6.42 Å². The molecule has 3 rings (SSSR count). The minimum absolute atomic E-state index is 0.00104. The quantitative estimate of drug-likeness (QED) is 0.887. The molecule has 0 atom stereocenters. The fourth-order valence-corrected chi connectivity index (χ4v) is 2.92. The normalized spacial score (nSPS) is 16.1. The highest BCUT2D eigenvalue weighted by molar-refractivity contribution is 5.93. The molecule has 1 aliphatic rings. The summed E-state index contributed by atoms with van der Waals surface area (Å²) in [5.41, 5.74) is 1.19. The van der Waals surface area contributed by atoms with Crippen molar-refractivity contribution in [1.82, 2.24) is 20.4 Å². The molecule has 1 amide bonds. The smallest absolute Gasteiger partial charge is 0.274 e. The van der Waals surface area contributed by atoms with Crippen molar-refractivity contribution in [2.75, 3.05) is 26.7 Å². The van der Waals surface area contributed by atoms with Crippen molar-refractivity contribution in [3.05, 3.63) is 30.2 Å². The Morgan fingerprint density at radius 3 is 3.00 bits per heavy atom. The second-order valence-electron chi connectivity index (χ2n) is 5.77. The summed E-state index contributed by atoms with van der Waals surface area (Å²) in [6.07, 6.45) is 4.93. The fraction of sp³-hybridized carbons (Fsp3) is 0.500. The average Bonchev–Trinajstić information content (AvgIpc) is 3.23. The standard InChI is InChI=1S/C16H22N4O2/c1-17-7-4-12-5-8-20(9-6-12)16(21)14-11-13(18-19-14)15-3-2-10-22-15/h2-3,10-12,17H,4-9H2,1H3,(H,18,19). The lowest BCUT2D eigenvalue weighted by molar-refractivity contribution is 0.0681. The molecule has 118 valence electrons. The van der Waals surface area contributed by atoms with E-state index >= 15 is 0 Å². The molecule has 2 aromatic rings. The number of rotatable bonds is 5. The van der Waals surface area contributed by atoms with Crippen LogP contribution in [0.5, 0.6) is 0 Å². The Morgan fingerprint density at radius 1 is 1.50 bits per heavy atom. The summed E-state index contributed by atoms with van der Waals surface area (Å²) in [5, 5.41) is 10.2. The van der Waals surface area contributed by atoms with Gasteiger partial charge >= 0.3 is 0 Å². The molecule has 1 saturated heterocycles. The van der Waals surface area contributed by atoms with Gasteiger partial charge in [-0.1, -0.05) is 0 Å². The van der Waals surface area contributed by atoms with Gasteiger partial charge in [-0.3, -0.25) is 9.89 Å². The molecule has 0 aromatic carbocycles. The summed E-state index contributed by atoms with van der Waals surface area (Å²) >= 11 is 0. The molecule has 0 radical (unpaired) electrons. The van der Waals surface area contributed by atoms with Crippen molar-refractivity contribution in [3.8, 4) is 11.5 Å². The van der Waals surface area contributed by atoms with Crippen molar-refractivity contribution < 1.29 is 9.21 Å². The number of H-pyrrole nitrogens is 1. The maximum Gasteiger partial charge on any atom is 0.274 e. The van der Waals surface area contributed by atoms with Gasteiger partial charge in [0.1, 0.15) is 5.69 Å². The van der Waals surface area contributed by atoms with Crippen molar-refractivity contribution in [1.29, 1.82) is 0 Å². The lowest BCUT2D eigenvalue weighted by Crippen LogP contribution is -2.39. The molecule has 0 aliphatic carbocycles. The van der Waals surface area contributed by atoms with E-state index in [1.54, 1.807) is 12.3 Å². The van der Waals surface area contributed by atoms with Gasteiger partial charge in [-0.2, -0.15) is 5.10 Å². The van der Waals surface area contributed by atoms with Gasteiger partial charge in [-0.25, -0.2) is 0 Å². The number of carbonyl (C=O) groups is 1. The predicted octanol–water partition coefficient (Wildman–Crippen LogP) is 2.13. The molecule has 1 aliphatic heterocycles. The lowest BCUT2D eigenvalue weighted by atomic mass is 9.93. The minimum Gasteiger partial charge on any atom is -0.463 e. The molecule has 0 spiro atoms. The maximum atomic E-state index is 12.5. The molecular formula is C16H22N4O2. The van der Waals surface area contributed by atoms with Crippen LogP contribution in [0.25, 0.3) is 11.5 Å². The zero-order valence-electron chi connectivity index (χ0n) is 12.8. The predicted molar refractivity (Wildman–Crippen MR) is 83.5 cm³/mol. The molecular weight excluding hydrogens is 280 g/mol. The van der Waals surface area contributed by atoms with Crippen LogP contribution in [0.15, 0.2) is 28.9 Å². The van der Waals surface area contributed by atoms with E-state index in [2.05, 4.69) is 15.5 Å². The van der Waals surface area contributed by atoms with Crippen LogP contribution >= 0.6 is 0 Å². The van der Waals surface area contributed by atoms with Crippen LogP contribution in [-0.2, 0) is 0 Å². The number of aromatic nitrogens is 2. The highest BCUT2D eigenvalue weighted by Crippen LogP contribution is 2.23. The zero-order valence-corrected chi connectivity index (χ0v) is 12.8. The Morgan fingerprint density at radius 2 is 2.32 bits per heavy atom. The number of likely N-dealkylation sites (tertiary alicyclic amines) is 1. The molecule has 0 bridgehead atoms. The van der Waals surface area contributed by atoms with Crippen molar-refractivity contribution in [2.24, 2.45) is 5.92 Å². The van der Waals surface area contributed by atoms with Gasteiger partial charge in [-0.05, 0) is 50.9 Å². The molecule has 2 aromatic heterocycles. The summed E-state index contributed by atoms with van der Waals surface area (Å²) < 4.78 is 5.31. The number of amides is 1. The highest BCUT2D eigenvalue weighted by Gasteiger charge is 2.25. The Bertz CT molecular complexity index is 597. The second-order valence-corrected chi connectivity index (χ2v) is 5.77. The topological polar surface area (TPSA) is 74.2 Å². The number of furan rings is 1. The summed E-state index contributed by atoms with van der Waals surface area (Å²) in [7, 11) is 1.98. The number of nitrogens with zero attached hydrogens (tertiary/aromatic N) is 2. The van der Waals surface area contributed by atoms with Crippen molar-refractivity contribution in [3.63, 3.8) is 0 Å². The van der Waals surface area contributed by atoms with Crippen LogP contribution in [0, 0.1) is 5.92 Å². The number of nitrogens with one attached hydrogen (secondary N) is 2. The molecule has 6 heteroatoms. The van der Waals surface area contributed by atoms with Gasteiger partial charge in [-0.15, -0.1) is 0 Å². The van der Waals surface area contributed by atoms with E-state index in [0.717, 1.165) is 44.1 Å². The monoisotopic (exact) mass is 302 g/mol. The highest BCUT2D eigenvalue weighted by atomic mass is 16.3. The number of carbonyl (C=O) groups excluding carboxylic acids is 1. The molecule has 2 N–H and O–H groups in total. The third-order valence-electron chi connectivity index (χ3n) is 4.29. The van der Waals surface area contributed by atoms with E-state index in [0.29, 0.717) is 11.5 Å². The molecule has 0 saturated carbocycles. The van der Waals surface area contributed by atoms with Crippen LogP contribution in [0.1, 0.15) is 29.8 Å². The van der Waals surface area contributed by atoms with Gasteiger partial charge in [0, 0.05) is 19.2 Å². The van der Waals surface area contributed by atoms with Crippen LogP contribution in [0.4, 0.5) is 0 Å². The summed E-state index contributed by atoms with van der Waals surface area (Å²) in [6, 6.07) is 5.41. The Balaban J connectivity index is 1.58. The van der Waals surface area contributed by atoms with Gasteiger partial charge in [0.15, 0.2) is 11.5 Å². The van der Waals surface area contributed by atoms with Crippen LogP contribution in [-0.4, -0.2) is 47.7 Å². The molecule has 0 unspecified atom stereocenters. The summed E-state index contributed by atoms with van der Waals surface area (Å²) in [5.74, 6) is 1.41. The first kappa shape index (κ1) is 14.8. The number of hydrogen-bond acceptors (Lipinski definition) is 4. The van der Waals surface area contributed by atoms with E-state index in [1.807, 2.05) is 24.1 Å². The van der Waals surface area contributed by atoms with Crippen molar-refractivity contribution >= 4 is 5.91 Å². The molecule has 3 heterocycles. The van der Waals surface area contributed by atoms with Gasteiger partial charge in [0.25, 0.3) is 5.91 Å². The number of hydrogen-bond donors (Lipinski definition) is 2. The number of piperidine rings is 1. The van der Waals surface area contributed by atoms with Gasteiger partial charge < -0.3 is 14.6 Å². The minimum atomic E-state index is 0.00104. The second kappa shape index (κ2) is 6.79. The van der Waals surface area contributed by atoms with Gasteiger partial charge in [0.05, 0.1) is 6.26 Å². The first-order chi connectivity index (χ1) is 10.8. The van der Waals surface area contributed by atoms with Gasteiger partial charge in [0.2, 0.25) is 0 Å². The van der Waals surface area contributed by atoms with Crippen LogP contribution in [0.2, 0.25) is 0 Å². The van der Waals surface area contributed by atoms with E-state index in [4.69, 9.17) is 4.42 Å². The van der Waals surface area contributed by atoms with Crippen molar-refractivity contribution in [2.45, 2.75) is 19.3 Å². The van der Waals surface area contributed by atoms with E-state index in [9.17, 15) is 4.79 Å². The number of aromatic amines is 1. The van der Waals surface area contributed by atoms with Crippen LogP contribution in [0.3, 0.4) is 0 Å². The summed E-state index contributed by atoms with van der Waals surface area (Å²) in [6.45, 7) is 2.68. The third-order valence-corrected chi connectivity index (χ3v) is 4.29. The Kier molecular flexibility index (Phi) is 4.58. The SMILES string of the molecule is CNCCC1CCN(C(=O)c2cc(-c3ccco3)[nH]n2)CC1.